The third-order valence-electron chi connectivity index (χ3n) is 4.11. The highest BCUT2D eigenvalue weighted by atomic mass is 35.5. The maximum absolute atomic E-state index is 13.0. The van der Waals surface area contributed by atoms with Gasteiger partial charge in [0.25, 0.3) is 5.91 Å². The highest BCUT2D eigenvalue weighted by molar-refractivity contribution is 6.30. The Kier molecular flexibility index (Phi) is 4.90. The maximum Gasteiger partial charge on any atom is 0.273 e. The number of anilines is 1. The third kappa shape index (κ3) is 4.10. The minimum absolute atomic E-state index is 0.296. The lowest BCUT2D eigenvalue weighted by Gasteiger charge is -2.02. The summed E-state index contributed by atoms with van der Waals surface area (Å²) in [4.78, 5) is 12.4. The molecule has 2 heterocycles. The molecule has 0 atom stereocenters. The first-order valence-electron chi connectivity index (χ1n) is 8.46. The lowest BCUT2D eigenvalue weighted by atomic mass is 10.1. The summed E-state index contributed by atoms with van der Waals surface area (Å²) < 4.78 is 14.7. The number of benzene rings is 2. The molecule has 2 aromatic carbocycles. The number of carbonyl (C=O) groups excluding carboxylic acids is 1. The van der Waals surface area contributed by atoms with Gasteiger partial charge >= 0.3 is 0 Å². The molecule has 0 fully saturated rings. The smallest absolute Gasteiger partial charge is 0.273 e. The number of aromatic amines is 1. The second kappa shape index (κ2) is 7.66. The van der Waals surface area contributed by atoms with Gasteiger partial charge in [-0.2, -0.15) is 10.2 Å². The Morgan fingerprint density at radius 1 is 1.14 bits per heavy atom. The van der Waals surface area contributed by atoms with Gasteiger partial charge in [0, 0.05) is 16.8 Å². The monoisotopic (exact) mass is 395 g/mol. The Hall–Kier alpha value is -3.45. The zero-order valence-corrected chi connectivity index (χ0v) is 15.3. The molecule has 0 spiro atoms. The SMILES string of the molecule is O=C(Nc1cnn(Cc2ccc(Cl)cc2)c1)c1cc(-c2ccc(F)cc2)n[nH]1. The Labute approximate surface area is 165 Å². The Morgan fingerprint density at radius 2 is 1.89 bits per heavy atom. The molecule has 8 heteroatoms. The minimum atomic E-state index is -0.341. The van der Waals surface area contributed by atoms with Crippen LogP contribution in [0.1, 0.15) is 16.1 Å². The van der Waals surface area contributed by atoms with Crippen LogP contribution in [-0.2, 0) is 6.54 Å². The molecule has 0 bridgehead atoms. The molecule has 28 heavy (non-hydrogen) atoms. The normalized spacial score (nSPS) is 10.8. The van der Waals surface area contributed by atoms with Crippen LogP contribution in [0.2, 0.25) is 5.02 Å². The van der Waals surface area contributed by atoms with Gasteiger partial charge in [0.2, 0.25) is 0 Å². The van der Waals surface area contributed by atoms with Crippen molar-refractivity contribution in [2.75, 3.05) is 5.32 Å². The molecule has 0 saturated carbocycles. The first-order chi connectivity index (χ1) is 13.6. The van der Waals surface area contributed by atoms with E-state index in [0.29, 0.717) is 34.2 Å². The van der Waals surface area contributed by atoms with Crippen LogP contribution in [0, 0.1) is 5.82 Å². The van der Waals surface area contributed by atoms with E-state index in [-0.39, 0.29) is 11.7 Å². The average molecular weight is 396 g/mol. The van der Waals surface area contributed by atoms with Gasteiger partial charge in [-0.15, -0.1) is 0 Å². The van der Waals surface area contributed by atoms with E-state index in [9.17, 15) is 9.18 Å². The van der Waals surface area contributed by atoms with E-state index in [4.69, 9.17) is 11.6 Å². The molecule has 6 nitrogen and oxygen atoms in total. The van der Waals surface area contributed by atoms with Crippen molar-refractivity contribution < 1.29 is 9.18 Å². The number of carbonyl (C=O) groups is 1. The zero-order chi connectivity index (χ0) is 19.5. The number of amides is 1. The van der Waals surface area contributed by atoms with Gasteiger partial charge < -0.3 is 5.32 Å². The van der Waals surface area contributed by atoms with E-state index in [1.54, 1.807) is 35.3 Å². The summed E-state index contributed by atoms with van der Waals surface area (Å²) in [5.41, 5.74) is 3.18. The minimum Gasteiger partial charge on any atom is -0.318 e. The molecule has 0 aliphatic rings. The van der Waals surface area contributed by atoms with Crippen LogP contribution >= 0.6 is 11.6 Å². The molecule has 0 aliphatic carbocycles. The van der Waals surface area contributed by atoms with Gasteiger partial charge in [-0.1, -0.05) is 23.7 Å². The lowest BCUT2D eigenvalue weighted by molar-refractivity contribution is 0.102. The van der Waals surface area contributed by atoms with Crippen LogP contribution in [0.5, 0.6) is 0 Å². The fraction of sp³-hybridized carbons (Fsp3) is 0.0500. The Morgan fingerprint density at radius 3 is 2.64 bits per heavy atom. The molecule has 0 saturated heterocycles. The van der Waals surface area contributed by atoms with Crippen molar-refractivity contribution in [2.45, 2.75) is 6.54 Å². The summed E-state index contributed by atoms with van der Waals surface area (Å²) >= 11 is 5.89. The molecule has 0 aliphatic heterocycles. The van der Waals surface area contributed by atoms with E-state index in [1.807, 2.05) is 24.3 Å². The highest BCUT2D eigenvalue weighted by Gasteiger charge is 2.12. The third-order valence-corrected chi connectivity index (χ3v) is 4.36. The summed E-state index contributed by atoms with van der Waals surface area (Å²) in [5, 5.41) is 14.5. The predicted octanol–water partition coefficient (Wildman–Crippen LogP) is 4.37. The van der Waals surface area contributed by atoms with Gasteiger partial charge in [0.1, 0.15) is 11.5 Å². The van der Waals surface area contributed by atoms with E-state index in [2.05, 4.69) is 20.6 Å². The standard InChI is InChI=1S/C20H15ClFN5O/c21-15-5-1-13(2-6-15)11-27-12-17(10-23-27)24-20(28)19-9-18(25-26-19)14-3-7-16(22)8-4-14/h1-10,12H,11H2,(H,24,28)(H,25,26). The molecule has 0 radical (unpaired) electrons. The number of hydrogen-bond acceptors (Lipinski definition) is 3. The van der Waals surface area contributed by atoms with E-state index in [0.717, 1.165) is 5.56 Å². The van der Waals surface area contributed by atoms with Crippen LogP contribution in [0.25, 0.3) is 11.3 Å². The number of nitrogens with one attached hydrogen (secondary N) is 2. The number of H-pyrrole nitrogens is 1. The first-order valence-corrected chi connectivity index (χ1v) is 8.84. The Balaban J connectivity index is 1.42. The van der Waals surface area contributed by atoms with Crippen LogP contribution in [0.15, 0.2) is 67.0 Å². The summed E-state index contributed by atoms with van der Waals surface area (Å²) in [6.45, 7) is 0.561. The van der Waals surface area contributed by atoms with Gasteiger partial charge in [-0.25, -0.2) is 4.39 Å². The van der Waals surface area contributed by atoms with Gasteiger partial charge in [-0.05, 0) is 48.0 Å². The van der Waals surface area contributed by atoms with Crippen LogP contribution in [0.3, 0.4) is 0 Å². The summed E-state index contributed by atoms with van der Waals surface area (Å²) in [7, 11) is 0. The second-order valence-electron chi connectivity index (χ2n) is 6.18. The predicted molar refractivity (Wildman–Crippen MR) is 105 cm³/mol. The number of nitrogens with zero attached hydrogens (tertiary/aromatic N) is 3. The molecule has 2 N–H and O–H groups in total. The van der Waals surface area contributed by atoms with Crippen LogP contribution in [0.4, 0.5) is 10.1 Å². The lowest BCUT2D eigenvalue weighted by Crippen LogP contribution is -2.11. The van der Waals surface area contributed by atoms with Crippen molar-refractivity contribution in [3.8, 4) is 11.3 Å². The number of hydrogen-bond donors (Lipinski definition) is 2. The Bertz CT molecular complexity index is 1100. The van der Waals surface area contributed by atoms with Crippen molar-refractivity contribution in [3.05, 3.63) is 89.1 Å². The van der Waals surface area contributed by atoms with Crippen LogP contribution in [-0.4, -0.2) is 25.9 Å². The van der Waals surface area contributed by atoms with Crippen molar-refractivity contribution in [3.63, 3.8) is 0 Å². The maximum atomic E-state index is 13.0. The summed E-state index contributed by atoms with van der Waals surface area (Å²) in [5.74, 6) is -0.667. The largest absolute Gasteiger partial charge is 0.318 e. The first kappa shape index (κ1) is 17.9. The topological polar surface area (TPSA) is 75.6 Å². The van der Waals surface area contributed by atoms with E-state index >= 15 is 0 Å². The fourth-order valence-electron chi connectivity index (χ4n) is 2.70. The van der Waals surface area contributed by atoms with Gasteiger partial charge in [0.15, 0.2) is 0 Å². The molecular weight excluding hydrogens is 381 g/mol. The molecule has 0 unspecified atom stereocenters. The fourth-order valence-corrected chi connectivity index (χ4v) is 2.82. The van der Waals surface area contributed by atoms with Crippen molar-refractivity contribution in [1.29, 1.82) is 0 Å². The molecule has 140 valence electrons. The van der Waals surface area contributed by atoms with E-state index in [1.165, 1.54) is 12.1 Å². The quantitative estimate of drug-likeness (QED) is 0.527. The summed E-state index contributed by atoms with van der Waals surface area (Å²) in [6.07, 6.45) is 3.31. The molecular formula is C20H15ClFN5O. The molecule has 4 aromatic rings. The van der Waals surface area contributed by atoms with Crippen molar-refractivity contribution in [2.24, 2.45) is 0 Å². The van der Waals surface area contributed by atoms with Crippen LogP contribution < -0.4 is 5.32 Å². The highest BCUT2D eigenvalue weighted by Crippen LogP contribution is 2.19. The van der Waals surface area contributed by atoms with Crippen molar-refractivity contribution in [1.82, 2.24) is 20.0 Å². The average Bonchev–Trinajstić information content (AvgIpc) is 3.34. The molecule has 4 rings (SSSR count). The second-order valence-corrected chi connectivity index (χ2v) is 6.62. The molecule has 2 aromatic heterocycles. The number of rotatable bonds is 5. The van der Waals surface area contributed by atoms with E-state index < -0.39 is 0 Å². The molecule has 1 amide bonds. The zero-order valence-electron chi connectivity index (χ0n) is 14.6. The van der Waals surface area contributed by atoms with Gasteiger partial charge in [0.05, 0.1) is 24.1 Å². The van der Waals surface area contributed by atoms with Gasteiger partial charge in [-0.3, -0.25) is 14.6 Å². The summed E-state index contributed by atoms with van der Waals surface area (Å²) in [6, 6.07) is 15.0. The van der Waals surface area contributed by atoms with Crippen molar-refractivity contribution >= 4 is 23.2 Å². The number of halogens is 2. The number of aromatic nitrogens is 4.